The van der Waals surface area contributed by atoms with Gasteiger partial charge in [0.1, 0.15) is 0 Å². The highest BCUT2D eigenvalue weighted by molar-refractivity contribution is 5.78. The van der Waals surface area contributed by atoms with Crippen LogP contribution < -0.4 is 0 Å². The Labute approximate surface area is 101 Å². The summed E-state index contributed by atoms with van der Waals surface area (Å²) in [6.07, 6.45) is 1.92. The highest BCUT2D eigenvalue weighted by Crippen LogP contribution is 2.31. The van der Waals surface area contributed by atoms with Gasteiger partial charge in [0.2, 0.25) is 5.91 Å². The summed E-state index contributed by atoms with van der Waals surface area (Å²) in [5.41, 5.74) is 0.173. The SMILES string of the molecule is CCC(C)C(=O)N(C)C(C)(C)CC(C)(C)C. The van der Waals surface area contributed by atoms with E-state index in [1.54, 1.807) is 0 Å². The maximum atomic E-state index is 12.1. The van der Waals surface area contributed by atoms with E-state index in [1.807, 2.05) is 18.9 Å². The third-order valence-corrected chi connectivity index (χ3v) is 3.24. The van der Waals surface area contributed by atoms with Gasteiger partial charge in [-0.3, -0.25) is 4.79 Å². The Morgan fingerprint density at radius 3 is 1.94 bits per heavy atom. The van der Waals surface area contributed by atoms with Crippen molar-refractivity contribution in [2.75, 3.05) is 7.05 Å². The number of amides is 1. The number of hydrogen-bond acceptors (Lipinski definition) is 1. The third kappa shape index (κ3) is 4.54. The number of nitrogens with zero attached hydrogens (tertiary/aromatic N) is 1. The van der Waals surface area contributed by atoms with Gasteiger partial charge in [-0.05, 0) is 32.1 Å². The maximum Gasteiger partial charge on any atom is 0.225 e. The summed E-state index contributed by atoms with van der Waals surface area (Å²) in [4.78, 5) is 14.1. The normalized spacial score (nSPS) is 14.8. The summed E-state index contributed by atoms with van der Waals surface area (Å²) in [6.45, 7) is 15.0. The molecular formula is C14H29NO. The van der Waals surface area contributed by atoms with Crippen molar-refractivity contribution in [2.24, 2.45) is 11.3 Å². The third-order valence-electron chi connectivity index (χ3n) is 3.24. The molecule has 0 bridgehead atoms. The molecule has 1 unspecified atom stereocenters. The second-order valence-corrected chi connectivity index (χ2v) is 6.76. The Hall–Kier alpha value is -0.530. The minimum absolute atomic E-state index is 0.0707. The van der Waals surface area contributed by atoms with Gasteiger partial charge in [-0.15, -0.1) is 0 Å². The van der Waals surface area contributed by atoms with Gasteiger partial charge in [0.15, 0.2) is 0 Å². The van der Waals surface area contributed by atoms with E-state index in [2.05, 4.69) is 41.5 Å². The van der Waals surface area contributed by atoms with E-state index in [4.69, 9.17) is 0 Å². The topological polar surface area (TPSA) is 20.3 Å². The lowest BCUT2D eigenvalue weighted by atomic mass is 9.80. The molecular weight excluding hydrogens is 198 g/mol. The molecule has 0 fully saturated rings. The summed E-state index contributed by atoms with van der Waals surface area (Å²) in [5, 5.41) is 0. The van der Waals surface area contributed by atoms with Crippen molar-refractivity contribution in [3.05, 3.63) is 0 Å². The van der Waals surface area contributed by atoms with Gasteiger partial charge in [0.25, 0.3) is 0 Å². The van der Waals surface area contributed by atoms with E-state index >= 15 is 0 Å². The van der Waals surface area contributed by atoms with Crippen molar-refractivity contribution in [2.45, 2.75) is 66.8 Å². The lowest BCUT2D eigenvalue weighted by molar-refractivity contribution is -0.139. The first-order valence-electron chi connectivity index (χ1n) is 6.29. The van der Waals surface area contributed by atoms with Gasteiger partial charge in [-0.1, -0.05) is 34.6 Å². The van der Waals surface area contributed by atoms with Crippen molar-refractivity contribution in [3.63, 3.8) is 0 Å². The van der Waals surface area contributed by atoms with E-state index in [0.29, 0.717) is 0 Å². The molecule has 0 N–H and O–H groups in total. The molecule has 0 aromatic carbocycles. The fraction of sp³-hybridized carbons (Fsp3) is 0.929. The molecule has 0 aliphatic rings. The molecule has 0 aliphatic heterocycles. The fourth-order valence-corrected chi connectivity index (χ4v) is 2.22. The predicted molar refractivity (Wildman–Crippen MR) is 70.4 cm³/mol. The quantitative estimate of drug-likeness (QED) is 0.717. The number of carbonyl (C=O) groups is 1. The number of carbonyl (C=O) groups excluding carboxylic acids is 1. The molecule has 1 atom stereocenters. The van der Waals surface area contributed by atoms with Crippen LogP contribution in [-0.4, -0.2) is 23.4 Å². The van der Waals surface area contributed by atoms with Gasteiger partial charge < -0.3 is 4.90 Å². The maximum absolute atomic E-state index is 12.1. The van der Waals surface area contributed by atoms with Gasteiger partial charge in [0.05, 0.1) is 0 Å². The van der Waals surface area contributed by atoms with E-state index < -0.39 is 0 Å². The lowest BCUT2D eigenvalue weighted by Crippen LogP contribution is -2.48. The van der Waals surface area contributed by atoms with Crippen molar-refractivity contribution in [3.8, 4) is 0 Å². The van der Waals surface area contributed by atoms with Crippen LogP contribution in [0.2, 0.25) is 0 Å². The van der Waals surface area contributed by atoms with Crippen molar-refractivity contribution in [1.82, 2.24) is 4.90 Å². The first-order valence-corrected chi connectivity index (χ1v) is 6.29. The molecule has 0 saturated heterocycles. The average Bonchev–Trinajstić information content (AvgIpc) is 2.10. The van der Waals surface area contributed by atoms with Crippen LogP contribution in [0.25, 0.3) is 0 Å². The molecule has 0 aromatic heterocycles. The molecule has 2 nitrogen and oxygen atoms in total. The molecule has 16 heavy (non-hydrogen) atoms. The lowest BCUT2D eigenvalue weighted by Gasteiger charge is -2.41. The molecule has 96 valence electrons. The van der Waals surface area contributed by atoms with Crippen LogP contribution in [0.3, 0.4) is 0 Å². The highest BCUT2D eigenvalue weighted by Gasteiger charge is 2.33. The van der Waals surface area contributed by atoms with Crippen LogP contribution in [0, 0.1) is 11.3 Å². The van der Waals surface area contributed by atoms with Crippen LogP contribution >= 0.6 is 0 Å². The van der Waals surface area contributed by atoms with Crippen LogP contribution in [0.1, 0.15) is 61.3 Å². The van der Waals surface area contributed by atoms with Crippen LogP contribution in [-0.2, 0) is 4.79 Å². The number of rotatable bonds is 4. The molecule has 1 amide bonds. The zero-order chi connectivity index (χ0) is 13.1. The Balaban J connectivity index is 4.69. The first-order chi connectivity index (χ1) is 7.01. The van der Waals surface area contributed by atoms with E-state index in [9.17, 15) is 4.79 Å². The van der Waals surface area contributed by atoms with Crippen LogP contribution in [0.15, 0.2) is 0 Å². The van der Waals surface area contributed by atoms with Crippen molar-refractivity contribution >= 4 is 5.91 Å². The van der Waals surface area contributed by atoms with Crippen molar-refractivity contribution < 1.29 is 4.79 Å². The average molecular weight is 227 g/mol. The Bertz CT molecular complexity index is 238. The van der Waals surface area contributed by atoms with Crippen LogP contribution in [0.5, 0.6) is 0 Å². The second kappa shape index (κ2) is 5.20. The predicted octanol–water partition coefficient (Wildman–Crippen LogP) is 3.71. The summed E-state index contributed by atoms with van der Waals surface area (Å²) in [6, 6.07) is 0. The molecule has 2 heteroatoms. The molecule has 0 radical (unpaired) electrons. The van der Waals surface area contributed by atoms with Gasteiger partial charge in [-0.25, -0.2) is 0 Å². The van der Waals surface area contributed by atoms with Gasteiger partial charge in [0, 0.05) is 18.5 Å². The van der Waals surface area contributed by atoms with E-state index in [0.717, 1.165) is 12.8 Å². The number of hydrogen-bond donors (Lipinski definition) is 0. The smallest absolute Gasteiger partial charge is 0.225 e. The first kappa shape index (κ1) is 15.5. The van der Waals surface area contributed by atoms with E-state index in [1.165, 1.54) is 0 Å². The van der Waals surface area contributed by atoms with Crippen LogP contribution in [0.4, 0.5) is 0 Å². The molecule has 0 spiro atoms. The molecule has 0 rings (SSSR count). The highest BCUT2D eigenvalue weighted by atomic mass is 16.2. The Morgan fingerprint density at radius 1 is 1.19 bits per heavy atom. The molecule has 0 aliphatic carbocycles. The molecule has 0 heterocycles. The summed E-state index contributed by atoms with van der Waals surface area (Å²) in [7, 11) is 1.93. The monoisotopic (exact) mass is 227 g/mol. The standard InChI is InChI=1S/C14H29NO/c1-9-11(2)12(16)15(8)14(6,7)10-13(3,4)5/h11H,9-10H2,1-8H3. The largest absolute Gasteiger partial charge is 0.340 e. The molecule has 0 saturated carbocycles. The summed E-state index contributed by atoms with van der Waals surface area (Å²) >= 11 is 0. The zero-order valence-corrected chi connectivity index (χ0v) is 12.3. The summed E-state index contributed by atoms with van der Waals surface area (Å²) < 4.78 is 0. The minimum Gasteiger partial charge on any atom is -0.340 e. The van der Waals surface area contributed by atoms with Crippen molar-refractivity contribution in [1.29, 1.82) is 0 Å². The molecule has 0 aromatic rings. The second-order valence-electron chi connectivity index (χ2n) is 6.76. The fourth-order valence-electron chi connectivity index (χ4n) is 2.22. The Morgan fingerprint density at radius 2 is 1.62 bits per heavy atom. The van der Waals surface area contributed by atoms with Gasteiger partial charge >= 0.3 is 0 Å². The minimum atomic E-state index is -0.0707. The zero-order valence-electron chi connectivity index (χ0n) is 12.3. The Kier molecular flexibility index (Phi) is 5.03. The summed E-state index contributed by atoms with van der Waals surface area (Å²) in [5.74, 6) is 0.390. The van der Waals surface area contributed by atoms with E-state index in [-0.39, 0.29) is 22.8 Å². The van der Waals surface area contributed by atoms with Gasteiger partial charge in [-0.2, -0.15) is 0 Å².